The van der Waals surface area contributed by atoms with Gasteiger partial charge in [0.2, 0.25) is 5.91 Å². The molecule has 0 spiro atoms. The minimum Gasteiger partial charge on any atom is -0.361 e. The lowest BCUT2D eigenvalue weighted by Gasteiger charge is -2.33. The smallest absolute Gasteiger partial charge is 0.227 e. The largest absolute Gasteiger partial charge is 0.361 e. The van der Waals surface area contributed by atoms with Gasteiger partial charge in [0.15, 0.2) is 0 Å². The van der Waals surface area contributed by atoms with E-state index in [1.165, 1.54) is 10.4 Å². The van der Waals surface area contributed by atoms with E-state index in [1.807, 2.05) is 40.6 Å². The maximum absolute atomic E-state index is 12.8. The summed E-state index contributed by atoms with van der Waals surface area (Å²) in [5.74, 6) is 0.217. The molecular weight excluding hydrogens is 292 g/mol. The van der Waals surface area contributed by atoms with Crippen molar-refractivity contribution in [3.8, 4) is 0 Å². The van der Waals surface area contributed by atoms with E-state index in [2.05, 4.69) is 29.4 Å². The van der Waals surface area contributed by atoms with Gasteiger partial charge in [-0.2, -0.15) is 0 Å². The predicted molar refractivity (Wildman–Crippen MR) is 90.2 cm³/mol. The van der Waals surface area contributed by atoms with Crippen LogP contribution >= 0.6 is 11.3 Å². The van der Waals surface area contributed by atoms with Gasteiger partial charge in [0.05, 0.1) is 12.5 Å². The molecule has 0 unspecified atom stereocenters. The van der Waals surface area contributed by atoms with Gasteiger partial charge in [0, 0.05) is 28.5 Å². The summed E-state index contributed by atoms with van der Waals surface area (Å²) in [7, 11) is 0. The molecule has 22 heavy (non-hydrogen) atoms. The summed E-state index contributed by atoms with van der Waals surface area (Å²) >= 11 is 1.81. The van der Waals surface area contributed by atoms with Crippen molar-refractivity contribution in [2.75, 3.05) is 6.54 Å². The topological polar surface area (TPSA) is 36.1 Å². The summed E-state index contributed by atoms with van der Waals surface area (Å²) in [6.45, 7) is 2.97. The number of hydrogen-bond donors (Lipinski definition) is 1. The van der Waals surface area contributed by atoms with Gasteiger partial charge >= 0.3 is 0 Å². The lowest BCUT2D eigenvalue weighted by atomic mass is 10.0. The first-order valence-electron chi connectivity index (χ1n) is 7.65. The average Bonchev–Trinajstić information content (AvgIpc) is 3.15. The van der Waals surface area contributed by atoms with Gasteiger partial charge in [-0.1, -0.05) is 18.2 Å². The zero-order valence-electron chi connectivity index (χ0n) is 12.5. The molecule has 0 fully saturated rings. The molecule has 1 aliphatic heterocycles. The van der Waals surface area contributed by atoms with Crippen LogP contribution in [0.4, 0.5) is 0 Å². The molecule has 0 saturated carbocycles. The second kappa shape index (κ2) is 5.29. The van der Waals surface area contributed by atoms with Gasteiger partial charge in [-0.15, -0.1) is 11.3 Å². The Kier molecular flexibility index (Phi) is 3.26. The number of nitrogens with one attached hydrogen (secondary N) is 1. The number of fused-ring (bicyclic) bond motifs is 2. The quantitative estimate of drug-likeness (QED) is 0.765. The third kappa shape index (κ3) is 2.15. The van der Waals surface area contributed by atoms with Crippen molar-refractivity contribution in [2.45, 2.75) is 25.8 Å². The minimum atomic E-state index is 0.188. The first-order valence-corrected chi connectivity index (χ1v) is 8.53. The maximum Gasteiger partial charge on any atom is 0.227 e. The molecule has 3 nitrogen and oxygen atoms in total. The average molecular weight is 310 g/mol. The molecule has 112 valence electrons. The number of nitrogens with zero attached hydrogens (tertiary/aromatic N) is 1. The van der Waals surface area contributed by atoms with Crippen LogP contribution in [0.3, 0.4) is 0 Å². The fraction of sp³-hybridized carbons (Fsp3) is 0.278. The summed E-state index contributed by atoms with van der Waals surface area (Å²) in [5, 5.41) is 3.28. The second-order valence-electron chi connectivity index (χ2n) is 5.85. The molecule has 1 N–H and O–H groups in total. The fourth-order valence-corrected chi connectivity index (χ4v) is 4.36. The first-order chi connectivity index (χ1) is 10.7. The Balaban J connectivity index is 1.58. The zero-order valence-corrected chi connectivity index (χ0v) is 13.3. The number of benzene rings is 1. The third-order valence-electron chi connectivity index (χ3n) is 4.61. The van der Waals surface area contributed by atoms with Crippen LogP contribution in [0.2, 0.25) is 0 Å². The molecule has 1 atom stereocenters. The molecule has 4 rings (SSSR count). The number of carbonyl (C=O) groups excluding carboxylic acids is 1. The summed E-state index contributed by atoms with van der Waals surface area (Å²) in [5.41, 5.74) is 3.50. The summed E-state index contributed by atoms with van der Waals surface area (Å²) < 4.78 is 0. The van der Waals surface area contributed by atoms with E-state index in [4.69, 9.17) is 0 Å². The van der Waals surface area contributed by atoms with Crippen LogP contribution in [0.1, 0.15) is 29.0 Å². The van der Waals surface area contributed by atoms with Crippen molar-refractivity contribution in [2.24, 2.45) is 0 Å². The molecule has 3 heterocycles. The molecule has 1 amide bonds. The van der Waals surface area contributed by atoms with E-state index >= 15 is 0 Å². The van der Waals surface area contributed by atoms with Crippen LogP contribution < -0.4 is 0 Å². The number of para-hydroxylation sites is 1. The number of carbonyl (C=O) groups is 1. The van der Waals surface area contributed by atoms with Gasteiger partial charge in [0.1, 0.15) is 0 Å². The number of thiophene rings is 1. The van der Waals surface area contributed by atoms with Gasteiger partial charge in [-0.3, -0.25) is 4.79 Å². The molecule has 2 aromatic heterocycles. The Hall–Kier alpha value is -2.07. The SMILES string of the molecule is C[C@@H]1c2ccsc2CCN1C(=O)Cc1c[nH]c2ccccc12. The molecule has 3 aromatic rings. The zero-order chi connectivity index (χ0) is 15.1. The van der Waals surface area contributed by atoms with Crippen LogP contribution in [-0.2, 0) is 17.6 Å². The highest BCUT2D eigenvalue weighted by Crippen LogP contribution is 2.33. The van der Waals surface area contributed by atoms with E-state index < -0.39 is 0 Å². The molecular formula is C18H18N2OS. The molecule has 0 bridgehead atoms. The van der Waals surface area contributed by atoms with Crippen molar-refractivity contribution >= 4 is 28.1 Å². The fourth-order valence-electron chi connectivity index (χ4n) is 3.39. The number of rotatable bonds is 2. The molecule has 1 aromatic carbocycles. The summed E-state index contributed by atoms with van der Waals surface area (Å²) in [6.07, 6.45) is 3.41. The number of aromatic nitrogens is 1. The van der Waals surface area contributed by atoms with Gasteiger partial charge in [0.25, 0.3) is 0 Å². The highest BCUT2D eigenvalue weighted by molar-refractivity contribution is 7.10. The number of amides is 1. The Labute approximate surface area is 133 Å². The van der Waals surface area contributed by atoms with Crippen LogP contribution in [-0.4, -0.2) is 22.3 Å². The van der Waals surface area contributed by atoms with Gasteiger partial charge in [-0.25, -0.2) is 0 Å². The van der Waals surface area contributed by atoms with Crippen molar-refractivity contribution in [1.29, 1.82) is 0 Å². The molecule has 0 radical (unpaired) electrons. The van der Waals surface area contributed by atoms with Crippen molar-refractivity contribution in [3.63, 3.8) is 0 Å². The normalized spacial score (nSPS) is 17.7. The lowest BCUT2D eigenvalue weighted by molar-refractivity contribution is -0.132. The highest BCUT2D eigenvalue weighted by Gasteiger charge is 2.28. The number of aromatic amines is 1. The van der Waals surface area contributed by atoms with Crippen LogP contribution in [0.25, 0.3) is 10.9 Å². The Bertz CT molecular complexity index is 832. The second-order valence-corrected chi connectivity index (χ2v) is 6.85. The Morgan fingerprint density at radius 2 is 2.23 bits per heavy atom. The third-order valence-corrected chi connectivity index (χ3v) is 5.61. The van der Waals surface area contributed by atoms with Crippen molar-refractivity contribution < 1.29 is 4.79 Å². The van der Waals surface area contributed by atoms with Crippen LogP contribution in [0.15, 0.2) is 41.9 Å². The van der Waals surface area contributed by atoms with E-state index in [0.29, 0.717) is 6.42 Å². The van der Waals surface area contributed by atoms with Crippen molar-refractivity contribution in [3.05, 3.63) is 57.9 Å². The molecule has 0 aliphatic carbocycles. The van der Waals surface area contributed by atoms with E-state index in [1.54, 1.807) is 0 Å². The number of hydrogen-bond acceptors (Lipinski definition) is 2. The van der Waals surface area contributed by atoms with Crippen LogP contribution in [0.5, 0.6) is 0 Å². The first kappa shape index (κ1) is 13.6. The molecule has 0 saturated heterocycles. The van der Waals surface area contributed by atoms with Crippen LogP contribution in [0, 0.1) is 0 Å². The Morgan fingerprint density at radius 3 is 3.14 bits per heavy atom. The van der Waals surface area contributed by atoms with E-state index in [0.717, 1.165) is 29.4 Å². The summed E-state index contributed by atoms with van der Waals surface area (Å²) in [6, 6.07) is 10.5. The van der Waals surface area contributed by atoms with E-state index in [9.17, 15) is 4.79 Å². The standard InChI is InChI=1S/C18H18N2OS/c1-12-14-7-9-22-17(14)6-8-20(12)18(21)10-13-11-19-16-5-3-2-4-15(13)16/h2-5,7,9,11-12,19H,6,8,10H2,1H3/t12-/m1/s1. The van der Waals surface area contributed by atoms with Gasteiger partial charge < -0.3 is 9.88 Å². The minimum absolute atomic E-state index is 0.188. The molecule has 1 aliphatic rings. The lowest BCUT2D eigenvalue weighted by Crippen LogP contribution is -2.39. The highest BCUT2D eigenvalue weighted by atomic mass is 32.1. The number of H-pyrrole nitrogens is 1. The Morgan fingerprint density at radius 1 is 1.36 bits per heavy atom. The van der Waals surface area contributed by atoms with E-state index in [-0.39, 0.29) is 11.9 Å². The van der Waals surface area contributed by atoms with Gasteiger partial charge in [-0.05, 0) is 42.0 Å². The summed E-state index contributed by atoms with van der Waals surface area (Å²) in [4.78, 5) is 19.5. The predicted octanol–water partition coefficient (Wildman–Crippen LogP) is 3.92. The molecule has 4 heteroatoms. The van der Waals surface area contributed by atoms with Crippen molar-refractivity contribution in [1.82, 2.24) is 9.88 Å². The maximum atomic E-state index is 12.8. The monoisotopic (exact) mass is 310 g/mol.